The van der Waals surface area contributed by atoms with Crippen LogP contribution in [0.3, 0.4) is 0 Å². The first-order valence-electron chi connectivity index (χ1n) is 6.70. The summed E-state index contributed by atoms with van der Waals surface area (Å²) < 4.78 is 6.25. The van der Waals surface area contributed by atoms with Gasteiger partial charge in [-0.2, -0.15) is 0 Å². The third kappa shape index (κ3) is 4.56. The minimum absolute atomic E-state index is 0.0958. The third-order valence-electron chi connectivity index (χ3n) is 2.73. The highest BCUT2D eigenvalue weighted by Gasteiger charge is 2.08. The number of pyridine rings is 1. The van der Waals surface area contributed by atoms with E-state index in [4.69, 9.17) is 4.74 Å². The Morgan fingerprint density at radius 3 is 2.67 bits per heavy atom. The number of carbonyl (C=O) groups is 1. The summed E-state index contributed by atoms with van der Waals surface area (Å²) in [6.07, 6.45) is 1.80. The van der Waals surface area contributed by atoms with Crippen molar-refractivity contribution in [1.29, 1.82) is 0 Å². The van der Waals surface area contributed by atoms with Gasteiger partial charge >= 0.3 is 0 Å². The Kier molecular flexibility index (Phi) is 5.33. The zero-order valence-electron chi connectivity index (χ0n) is 12.0. The van der Waals surface area contributed by atoms with E-state index in [-0.39, 0.29) is 12.0 Å². The Hall–Kier alpha value is -1.88. The van der Waals surface area contributed by atoms with Gasteiger partial charge in [0.1, 0.15) is 0 Å². The van der Waals surface area contributed by atoms with Crippen molar-refractivity contribution >= 4 is 21.8 Å². The molecule has 2 rings (SSSR count). The highest BCUT2D eigenvalue weighted by molar-refractivity contribution is 9.10. The second-order valence-electron chi connectivity index (χ2n) is 4.83. The Morgan fingerprint density at radius 2 is 2.05 bits per heavy atom. The van der Waals surface area contributed by atoms with Crippen LogP contribution in [0.1, 0.15) is 29.8 Å². The van der Waals surface area contributed by atoms with Crippen LogP contribution in [-0.2, 0) is 6.54 Å². The number of rotatable bonds is 5. The molecule has 1 amide bonds. The van der Waals surface area contributed by atoms with Gasteiger partial charge < -0.3 is 10.1 Å². The first-order chi connectivity index (χ1) is 10.1. The molecule has 1 N–H and O–H groups in total. The predicted octanol–water partition coefficient (Wildman–Crippen LogP) is 3.56. The van der Waals surface area contributed by atoms with Gasteiger partial charge in [-0.1, -0.05) is 18.2 Å². The molecule has 0 aliphatic rings. The van der Waals surface area contributed by atoms with Gasteiger partial charge in [-0.25, -0.2) is 4.98 Å². The molecule has 0 atom stereocenters. The number of aromatic nitrogens is 1. The van der Waals surface area contributed by atoms with E-state index < -0.39 is 0 Å². The number of halogens is 1. The molecule has 0 aliphatic carbocycles. The van der Waals surface area contributed by atoms with Crippen molar-refractivity contribution in [2.75, 3.05) is 0 Å². The van der Waals surface area contributed by atoms with E-state index in [0.29, 0.717) is 18.0 Å². The number of nitrogens with one attached hydrogen (secondary N) is 1. The second-order valence-corrected chi connectivity index (χ2v) is 5.69. The van der Waals surface area contributed by atoms with Crippen LogP contribution in [-0.4, -0.2) is 17.0 Å². The van der Waals surface area contributed by atoms with Gasteiger partial charge in [0, 0.05) is 23.3 Å². The third-order valence-corrected chi connectivity index (χ3v) is 3.42. The number of hydrogen-bond acceptors (Lipinski definition) is 3. The van der Waals surface area contributed by atoms with E-state index in [2.05, 4.69) is 26.2 Å². The van der Waals surface area contributed by atoms with Gasteiger partial charge in [0.25, 0.3) is 5.91 Å². The number of hydrogen-bond donors (Lipinski definition) is 1. The van der Waals surface area contributed by atoms with E-state index in [1.165, 1.54) is 0 Å². The largest absolute Gasteiger partial charge is 0.475 e. The molecule has 1 aromatic heterocycles. The molecule has 110 valence electrons. The van der Waals surface area contributed by atoms with Crippen molar-refractivity contribution in [3.8, 4) is 5.88 Å². The lowest BCUT2D eigenvalue weighted by Gasteiger charge is -2.09. The Morgan fingerprint density at radius 1 is 1.29 bits per heavy atom. The molecule has 0 unspecified atom stereocenters. The topological polar surface area (TPSA) is 51.2 Å². The van der Waals surface area contributed by atoms with E-state index in [0.717, 1.165) is 10.0 Å². The summed E-state index contributed by atoms with van der Waals surface area (Å²) in [6.45, 7) is 4.33. The zero-order valence-corrected chi connectivity index (χ0v) is 13.6. The van der Waals surface area contributed by atoms with E-state index in [1.807, 2.05) is 38.1 Å². The Bertz CT molecular complexity index is 612. The zero-order chi connectivity index (χ0) is 15.2. The summed E-state index contributed by atoms with van der Waals surface area (Å²) in [4.78, 5) is 16.3. The minimum Gasteiger partial charge on any atom is -0.475 e. The predicted molar refractivity (Wildman–Crippen MR) is 85.3 cm³/mol. The van der Waals surface area contributed by atoms with Crippen molar-refractivity contribution in [3.63, 3.8) is 0 Å². The standard InChI is InChI=1S/C16H17BrN2O2/c1-11(2)21-15-8-7-12(9-18-15)10-19-16(20)13-5-3-4-6-14(13)17/h3-9,11H,10H2,1-2H3,(H,19,20). The summed E-state index contributed by atoms with van der Waals surface area (Å²) in [6, 6.07) is 11.0. The number of amides is 1. The van der Waals surface area contributed by atoms with Crippen molar-refractivity contribution < 1.29 is 9.53 Å². The van der Waals surface area contributed by atoms with Crippen LogP contribution in [0.5, 0.6) is 5.88 Å². The number of benzene rings is 1. The van der Waals surface area contributed by atoms with Gasteiger partial charge in [-0.05, 0) is 47.5 Å². The second kappa shape index (κ2) is 7.22. The quantitative estimate of drug-likeness (QED) is 0.898. The molecular formula is C16H17BrN2O2. The summed E-state index contributed by atoms with van der Waals surface area (Å²) in [5, 5.41) is 2.87. The fraction of sp³-hybridized carbons (Fsp3) is 0.250. The maximum Gasteiger partial charge on any atom is 0.252 e. The maximum atomic E-state index is 12.1. The molecule has 1 heterocycles. The minimum atomic E-state index is -0.120. The van der Waals surface area contributed by atoms with Crippen molar-refractivity contribution in [1.82, 2.24) is 10.3 Å². The van der Waals surface area contributed by atoms with Gasteiger partial charge in [0.05, 0.1) is 11.7 Å². The molecule has 21 heavy (non-hydrogen) atoms. The Balaban J connectivity index is 1.94. The molecule has 0 radical (unpaired) electrons. The van der Waals surface area contributed by atoms with Crippen molar-refractivity contribution in [3.05, 3.63) is 58.2 Å². The monoisotopic (exact) mass is 348 g/mol. The van der Waals surface area contributed by atoms with E-state index >= 15 is 0 Å². The lowest BCUT2D eigenvalue weighted by Crippen LogP contribution is -2.23. The number of carbonyl (C=O) groups excluding carboxylic acids is 1. The van der Waals surface area contributed by atoms with Crippen LogP contribution in [0.4, 0.5) is 0 Å². The molecular weight excluding hydrogens is 332 g/mol. The molecule has 0 spiro atoms. The van der Waals surface area contributed by atoms with Crippen LogP contribution < -0.4 is 10.1 Å². The van der Waals surface area contributed by atoms with Crippen LogP contribution in [0, 0.1) is 0 Å². The summed E-state index contributed by atoms with van der Waals surface area (Å²) in [5.41, 5.74) is 1.54. The fourth-order valence-corrected chi connectivity index (χ4v) is 2.21. The molecule has 2 aromatic rings. The molecule has 1 aromatic carbocycles. The van der Waals surface area contributed by atoms with Gasteiger partial charge in [-0.3, -0.25) is 4.79 Å². The summed E-state index contributed by atoms with van der Waals surface area (Å²) in [5.74, 6) is 0.468. The van der Waals surface area contributed by atoms with E-state index in [1.54, 1.807) is 18.3 Å². The van der Waals surface area contributed by atoms with Crippen molar-refractivity contribution in [2.45, 2.75) is 26.5 Å². The average Bonchev–Trinajstić information content (AvgIpc) is 2.46. The smallest absolute Gasteiger partial charge is 0.252 e. The van der Waals surface area contributed by atoms with Gasteiger partial charge in [0.2, 0.25) is 5.88 Å². The van der Waals surface area contributed by atoms with Crippen LogP contribution in [0.25, 0.3) is 0 Å². The number of nitrogens with zero attached hydrogens (tertiary/aromatic N) is 1. The fourth-order valence-electron chi connectivity index (χ4n) is 1.75. The highest BCUT2D eigenvalue weighted by Crippen LogP contribution is 2.16. The molecule has 0 saturated heterocycles. The molecule has 4 nitrogen and oxygen atoms in total. The average molecular weight is 349 g/mol. The lowest BCUT2D eigenvalue weighted by atomic mass is 10.2. The van der Waals surface area contributed by atoms with Crippen LogP contribution >= 0.6 is 15.9 Å². The molecule has 0 aliphatic heterocycles. The van der Waals surface area contributed by atoms with E-state index in [9.17, 15) is 4.79 Å². The Labute approximate surface area is 132 Å². The normalized spacial score (nSPS) is 10.5. The van der Waals surface area contributed by atoms with Crippen LogP contribution in [0.2, 0.25) is 0 Å². The molecule has 0 saturated carbocycles. The molecule has 0 bridgehead atoms. The number of ether oxygens (including phenoxy) is 1. The van der Waals surface area contributed by atoms with Crippen molar-refractivity contribution in [2.24, 2.45) is 0 Å². The summed E-state index contributed by atoms with van der Waals surface area (Å²) >= 11 is 3.37. The lowest BCUT2D eigenvalue weighted by molar-refractivity contribution is 0.0950. The SMILES string of the molecule is CC(C)Oc1ccc(CNC(=O)c2ccccc2Br)cn1. The molecule has 5 heteroatoms. The van der Waals surface area contributed by atoms with Gasteiger partial charge in [-0.15, -0.1) is 0 Å². The first-order valence-corrected chi connectivity index (χ1v) is 7.50. The summed E-state index contributed by atoms with van der Waals surface area (Å²) in [7, 11) is 0. The molecule has 0 fully saturated rings. The maximum absolute atomic E-state index is 12.1. The highest BCUT2D eigenvalue weighted by atomic mass is 79.9. The van der Waals surface area contributed by atoms with Gasteiger partial charge in [0.15, 0.2) is 0 Å². The first kappa shape index (κ1) is 15.5. The van der Waals surface area contributed by atoms with Crippen LogP contribution in [0.15, 0.2) is 47.1 Å².